The van der Waals surface area contributed by atoms with Crippen LogP contribution < -0.4 is 0 Å². The van der Waals surface area contributed by atoms with Crippen molar-refractivity contribution in [2.24, 2.45) is 0 Å². The summed E-state index contributed by atoms with van der Waals surface area (Å²) >= 11 is 6.16. The Morgan fingerprint density at radius 2 is 1.79 bits per heavy atom. The summed E-state index contributed by atoms with van der Waals surface area (Å²) in [5.74, 6) is 0.129. The molecule has 1 nitrogen and oxygen atoms in total. The summed E-state index contributed by atoms with van der Waals surface area (Å²) in [6, 6.07) is 15.8. The molecule has 0 unspecified atom stereocenters. The maximum Gasteiger partial charge on any atom is 0.164 e. The van der Waals surface area contributed by atoms with Crippen molar-refractivity contribution in [1.82, 2.24) is 0 Å². The summed E-state index contributed by atoms with van der Waals surface area (Å²) in [5, 5.41) is 0.590. The fourth-order valence-electron chi connectivity index (χ4n) is 2.10. The van der Waals surface area contributed by atoms with E-state index in [9.17, 15) is 4.79 Å². The molecule has 0 radical (unpaired) electrons. The molecule has 0 heterocycles. The average Bonchev–Trinajstić information content (AvgIpc) is 2.43. The molecule has 98 valence electrons. The number of carbonyl (C=O) groups is 1. The Labute approximate surface area is 119 Å². The molecule has 0 atom stereocenters. The standard InChI is InChI=1S/C17H17ClO/c1-13-7-5-11-15(17(13)18)16(19)12-6-10-14-8-3-2-4-9-14/h2-5,7-9,11H,6,10,12H2,1H3. The van der Waals surface area contributed by atoms with Gasteiger partial charge in [0.1, 0.15) is 0 Å². The molecule has 2 aromatic carbocycles. The van der Waals surface area contributed by atoms with E-state index < -0.39 is 0 Å². The first-order valence-electron chi connectivity index (χ1n) is 6.50. The highest BCUT2D eigenvalue weighted by molar-refractivity contribution is 6.34. The quantitative estimate of drug-likeness (QED) is 0.711. The topological polar surface area (TPSA) is 17.1 Å². The summed E-state index contributed by atoms with van der Waals surface area (Å²) in [4.78, 5) is 12.1. The van der Waals surface area contributed by atoms with Crippen LogP contribution in [0.1, 0.15) is 34.3 Å². The lowest BCUT2D eigenvalue weighted by Crippen LogP contribution is -2.01. The van der Waals surface area contributed by atoms with E-state index in [-0.39, 0.29) is 5.78 Å². The van der Waals surface area contributed by atoms with E-state index in [4.69, 9.17) is 11.6 Å². The number of ketones is 1. The van der Waals surface area contributed by atoms with Gasteiger partial charge in [-0.05, 0) is 37.0 Å². The second-order valence-electron chi connectivity index (χ2n) is 4.70. The van der Waals surface area contributed by atoms with Gasteiger partial charge >= 0.3 is 0 Å². The summed E-state index contributed by atoms with van der Waals surface area (Å²) in [6.45, 7) is 1.92. The Morgan fingerprint density at radius 1 is 1.05 bits per heavy atom. The van der Waals surface area contributed by atoms with Crippen molar-refractivity contribution < 1.29 is 4.79 Å². The van der Waals surface area contributed by atoms with Crippen LogP contribution in [0.2, 0.25) is 5.02 Å². The first-order chi connectivity index (χ1) is 9.18. The van der Waals surface area contributed by atoms with Crippen LogP contribution >= 0.6 is 11.6 Å². The number of aryl methyl sites for hydroxylation is 2. The van der Waals surface area contributed by atoms with Crippen LogP contribution in [0.15, 0.2) is 48.5 Å². The van der Waals surface area contributed by atoms with Gasteiger partial charge in [-0.15, -0.1) is 0 Å². The van der Waals surface area contributed by atoms with Gasteiger partial charge in [0.15, 0.2) is 5.78 Å². The molecule has 0 saturated heterocycles. The number of benzene rings is 2. The number of rotatable bonds is 5. The molecule has 0 aliphatic carbocycles. The van der Waals surface area contributed by atoms with Crippen molar-refractivity contribution in [3.63, 3.8) is 0 Å². The average molecular weight is 273 g/mol. The van der Waals surface area contributed by atoms with Gasteiger partial charge in [0.05, 0.1) is 5.02 Å². The molecule has 0 aliphatic heterocycles. The Bertz CT molecular complexity index is 561. The third-order valence-corrected chi connectivity index (χ3v) is 3.71. The highest BCUT2D eigenvalue weighted by Gasteiger charge is 2.11. The zero-order valence-corrected chi connectivity index (χ0v) is 11.8. The summed E-state index contributed by atoms with van der Waals surface area (Å²) in [5.41, 5.74) is 2.87. The molecule has 0 aliphatic rings. The molecule has 0 N–H and O–H groups in total. The third kappa shape index (κ3) is 3.68. The lowest BCUT2D eigenvalue weighted by atomic mass is 10.0. The Morgan fingerprint density at radius 3 is 2.53 bits per heavy atom. The van der Waals surface area contributed by atoms with Crippen molar-refractivity contribution in [3.05, 3.63) is 70.2 Å². The molecule has 0 spiro atoms. The van der Waals surface area contributed by atoms with E-state index in [1.165, 1.54) is 5.56 Å². The van der Waals surface area contributed by atoms with E-state index in [1.807, 2.05) is 37.3 Å². The van der Waals surface area contributed by atoms with Gasteiger partial charge in [-0.25, -0.2) is 0 Å². The molecule has 0 amide bonds. The van der Waals surface area contributed by atoms with E-state index in [0.717, 1.165) is 18.4 Å². The molecule has 0 fully saturated rings. The van der Waals surface area contributed by atoms with Crippen molar-refractivity contribution in [2.45, 2.75) is 26.2 Å². The van der Waals surface area contributed by atoms with E-state index in [0.29, 0.717) is 17.0 Å². The summed E-state index contributed by atoms with van der Waals surface area (Å²) < 4.78 is 0. The normalized spacial score (nSPS) is 10.4. The fourth-order valence-corrected chi connectivity index (χ4v) is 2.33. The number of halogens is 1. The number of Topliss-reactive ketones (excluding diaryl/α,β-unsaturated/α-hetero) is 1. The summed E-state index contributed by atoms with van der Waals surface area (Å²) in [6.07, 6.45) is 2.32. The van der Waals surface area contributed by atoms with Crippen LogP contribution in [0.4, 0.5) is 0 Å². The third-order valence-electron chi connectivity index (χ3n) is 3.20. The van der Waals surface area contributed by atoms with Gasteiger partial charge in [-0.2, -0.15) is 0 Å². The lowest BCUT2D eigenvalue weighted by Gasteiger charge is -2.06. The number of hydrogen-bond donors (Lipinski definition) is 0. The van der Waals surface area contributed by atoms with Gasteiger partial charge in [0.25, 0.3) is 0 Å². The summed E-state index contributed by atoms with van der Waals surface area (Å²) in [7, 11) is 0. The smallest absolute Gasteiger partial charge is 0.164 e. The van der Waals surface area contributed by atoms with Crippen LogP contribution in [-0.2, 0) is 6.42 Å². The predicted octanol–water partition coefficient (Wildman–Crippen LogP) is 4.85. The first-order valence-corrected chi connectivity index (χ1v) is 6.88. The zero-order chi connectivity index (χ0) is 13.7. The molecule has 19 heavy (non-hydrogen) atoms. The van der Waals surface area contributed by atoms with Crippen LogP contribution in [0.25, 0.3) is 0 Å². The molecule has 2 heteroatoms. The minimum absolute atomic E-state index is 0.129. The fraction of sp³-hybridized carbons (Fsp3) is 0.235. The van der Waals surface area contributed by atoms with Crippen LogP contribution in [0.3, 0.4) is 0 Å². The predicted molar refractivity (Wildman–Crippen MR) is 79.9 cm³/mol. The maximum absolute atomic E-state index is 12.1. The number of hydrogen-bond acceptors (Lipinski definition) is 1. The van der Waals surface area contributed by atoms with Crippen LogP contribution in [0, 0.1) is 6.92 Å². The van der Waals surface area contributed by atoms with Crippen LogP contribution in [0.5, 0.6) is 0 Å². The van der Waals surface area contributed by atoms with E-state index in [2.05, 4.69) is 12.1 Å². The van der Waals surface area contributed by atoms with Crippen molar-refractivity contribution in [3.8, 4) is 0 Å². The molecule has 0 saturated carbocycles. The Hall–Kier alpha value is -1.60. The largest absolute Gasteiger partial charge is 0.294 e. The van der Waals surface area contributed by atoms with Crippen LogP contribution in [-0.4, -0.2) is 5.78 Å². The maximum atomic E-state index is 12.1. The Kier molecular flexibility index (Phi) is 4.75. The highest BCUT2D eigenvalue weighted by Crippen LogP contribution is 2.22. The minimum Gasteiger partial charge on any atom is -0.294 e. The van der Waals surface area contributed by atoms with Gasteiger partial charge in [-0.1, -0.05) is 54.1 Å². The van der Waals surface area contributed by atoms with E-state index in [1.54, 1.807) is 6.07 Å². The van der Waals surface area contributed by atoms with Crippen molar-refractivity contribution >= 4 is 17.4 Å². The van der Waals surface area contributed by atoms with Crippen molar-refractivity contribution in [1.29, 1.82) is 0 Å². The monoisotopic (exact) mass is 272 g/mol. The van der Waals surface area contributed by atoms with Gasteiger partial charge < -0.3 is 0 Å². The molecular weight excluding hydrogens is 256 g/mol. The second-order valence-corrected chi connectivity index (χ2v) is 5.08. The second kappa shape index (κ2) is 6.53. The number of carbonyl (C=O) groups excluding carboxylic acids is 1. The molecule has 0 bridgehead atoms. The lowest BCUT2D eigenvalue weighted by molar-refractivity contribution is 0.0980. The molecule has 2 aromatic rings. The first kappa shape index (κ1) is 13.8. The SMILES string of the molecule is Cc1cccc(C(=O)CCCc2ccccc2)c1Cl. The van der Waals surface area contributed by atoms with Gasteiger partial charge in [0.2, 0.25) is 0 Å². The zero-order valence-electron chi connectivity index (χ0n) is 11.0. The van der Waals surface area contributed by atoms with Gasteiger partial charge in [-0.3, -0.25) is 4.79 Å². The van der Waals surface area contributed by atoms with Gasteiger partial charge in [0, 0.05) is 12.0 Å². The molecule has 0 aromatic heterocycles. The minimum atomic E-state index is 0.129. The highest BCUT2D eigenvalue weighted by atomic mass is 35.5. The Balaban J connectivity index is 1.93. The van der Waals surface area contributed by atoms with E-state index >= 15 is 0 Å². The van der Waals surface area contributed by atoms with Crippen molar-refractivity contribution in [2.75, 3.05) is 0 Å². The molecular formula is C17H17ClO. The molecule has 2 rings (SSSR count).